The highest BCUT2D eigenvalue weighted by atomic mass is 16.5. The number of guanidine groups is 1. The first-order chi connectivity index (χ1) is 11.3. The van der Waals surface area contributed by atoms with E-state index in [1.165, 1.54) is 6.92 Å². The smallest absolute Gasteiger partial charge is 0.307 e. The van der Waals surface area contributed by atoms with E-state index in [2.05, 4.69) is 10.3 Å². The Balaban J connectivity index is 1.86. The lowest BCUT2D eigenvalue weighted by molar-refractivity contribution is -0.147. The summed E-state index contributed by atoms with van der Waals surface area (Å²) in [6.45, 7) is 2.01. The number of carbonyl (C=O) groups excluding carboxylic acids is 2. The zero-order valence-electron chi connectivity index (χ0n) is 12.9. The SMILES string of the molecule is CC(CC(=O)O)(Oc1ccc2c(c1)CN1CC(=O)NC1=N2)C(N)=O. The van der Waals surface area contributed by atoms with Crippen LogP contribution in [0, 0.1) is 0 Å². The predicted octanol–water partition coefficient (Wildman–Crippen LogP) is -0.283. The zero-order chi connectivity index (χ0) is 17.5. The van der Waals surface area contributed by atoms with Crippen LogP contribution in [0.15, 0.2) is 23.2 Å². The van der Waals surface area contributed by atoms with Crippen molar-refractivity contribution in [2.45, 2.75) is 25.5 Å². The first-order valence-corrected chi connectivity index (χ1v) is 7.24. The van der Waals surface area contributed by atoms with Gasteiger partial charge < -0.3 is 20.5 Å². The third-order valence-corrected chi connectivity index (χ3v) is 3.88. The van der Waals surface area contributed by atoms with E-state index < -0.39 is 23.9 Å². The van der Waals surface area contributed by atoms with Crippen molar-refractivity contribution in [3.63, 3.8) is 0 Å². The number of carboxylic acids is 1. The third-order valence-electron chi connectivity index (χ3n) is 3.88. The van der Waals surface area contributed by atoms with E-state index in [1.807, 2.05) is 0 Å². The topological polar surface area (TPSA) is 134 Å². The molecule has 126 valence electrons. The van der Waals surface area contributed by atoms with Crippen molar-refractivity contribution >= 4 is 29.4 Å². The van der Waals surface area contributed by atoms with Crippen molar-refractivity contribution < 1.29 is 24.2 Å². The second-order valence-electron chi connectivity index (χ2n) is 5.90. The molecule has 9 nitrogen and oxygen atoms in total. The minimum Gasteiger partial charge on any atom is -0.481 e. The van der Waals surface area contributed by atoms with Gasteiger partial charge in [-0.15, -0.1) is 0 Å². The molecule has 0 aromatic heterocycles. The van der Waals surface area contributed by atoms with E-state index in [0.29, 0.717) is 23.9 Å². The number of aliphatic carboxylic acids is 1. The largest absolute Gasteiger partial charge is 0.481 e. The van der Waals surface area contributed by atoms with E-state index in [0.717, 1.165) is 5.56 Å². The number of nitrogens with two attached hydrogens (primary N) is 1. The highest BCUT2D eigenvalue weighted by molar-refractivity contribution is 6.05. The number of carbonyl (C=O) groups is 3. The summed E-state index contributed by atoms with van der Waals surface area (Å²) in [5.41, 5.74) is 5.11. The van der Waals surface area contributed by atoms with Crippen LogP contribution in [0.3, 0.4) is 0 Å². The van der Waals surface area contributed by atoms with Gasteiger partial charge in [0.2, 0.25) is 11.9 Å². The molecule has 1 saturated heterocycles. The fourth-order valence-electron chi connectivity index (χ4n) is 2.62. The fraction of sp³-hybridized carbons (Fsp3) is 0.333. The van der Waals surface area contributed by atoms with Gasteiger partial charge in [-0.05, 0) is 25.1 Å². The Bertz CT molecular complexity index is 775. The zero-order valence-corrected chi connectivity index (χ0v) is 12.9. The normalized spacial score (nSPS) is 18.0. The van der Waals surface area contributed by atoms with Gasteiger partial charge in [-0.25, -0.2) is 4.99 Å². The summed E-state index contributed by atoms with van der Waals surface area (Å²) in [6, 6.07) is 4.93. The van der Waals surface area contributed by atoms with Gasteiger partial charge in [0.15, 0.2) is 5.60 Å². The third kappa shape index (κ3) is 2.87. The summed E-state index contributed by atoms with van der Waals surface area (Å²) < 4.78 is 5.57. The Morgan fingerprint density at radius 2 is 2.21 bits per heavy atom. The molecule has 1 aromatic carbocycles. The van der Waals surface area contributed by atoms with E-state index in [4.69, 9.17) is 15.6 Å². The molecule has 4 N–H and O–H groups in total. The van der Waals surface area contributed by atoms with E-state index in [1.54, 1.807) is 23.1 Å². The van der Waals surface area contributed by atoms with Gasteiger partial charge in [-0.3, -0.25) is 19.7 Å². The predicted molar refractivity (Wildman–Crippen MR) is 82.6 cm³/mol. The maximum atomic E-state index is 11.6. The van der Waals surface area contributed by atoms with Crippen molar-refractivity contribution in [1.82, 2.24) is 10.2 Å². The second-order valence-corrected chi connectivity index (χ2v) is 5.90. The summed E-state index contributed by atoms with van der Waals surface area (Å²) in [5, 5.41) is 11.6. The molecule has 2 heterocycles. The van der Waals surface area contributed by atoms with Crippen molar-refractivity contribution in [2.24, 2.45) is 10.7 Å². The molecule has 9 heteroatoms. The number of aliphatic imine (C=N–C) groups is 1. The lowest BCUT2D eigenvalue weighted by Gasteiger charge is -2.27. The molecule has 3 rings (SSSR count). The molecule has 0 radical (unpaired) electrons. The summed E-state index contributed by atoms with van der Waals surface area (Å²) in [6.07, 6.45) is -0.549. The number of ether oxygens (including phenoxy) is 1. The molecule has 24 heavy (non-hydrogen) atoms. The number of benzene rings is 1. The first-order valence-electron chi connectivity index (χ1n) is 7.24. The number of fused-ring (bicyclic) bond motifs is 2. The average Bonchev–Trinajstić information content (AvgIpc) is 2.82. The number of carboxylic acid groups (broad SMARTS) is 1. The molecule has 0 saturated carbocycles. The molecular weight excluding hydrogens is 316 g/mol. The number of rotatable bonds is 5. The van der Waals surface area contributed by atoms with Crippen LogP contribution in [-0.2, 0) is 20.9 Å². The van der Waals surface area contributed by atoms with Crippen molar-refractivity contribution in [3.05, 3.63) is 23.8 Å². The van der Waals surface area contributed by atoms with Crippen molar-refractivity contribution in [3.8, 4) is 5.75 Å². The Morgan fingerprint density at radius 3 is 2.88 bits per heavy atom. The molecule has 0 bridgehead atoms. The second kappa shape index (κ2) is 5.52. The van der Waals surface area contributed by atoms with Crippen LogP contribution in [0.1, 0.15) is 18.9 Å². The number of nitrogens with one attached hydrogen (secondary N) is 1. The van der Waals surface area contributed by atoms with Crippen LogP contribution in [0.25, 0.3) is 0 Å². The van der Waals surface area contributed by atoms with Gasteiger partial charge in [-0.2, -0.15) is 0 Å². The van der Waals surface area contributed by atoms with Gasteiger partial charge in [0.25, 0.3) is 5.91 Å². The Hall–Kier alpha value is -3.10. The molecule has 1 aromatic rings. The summed E-state index contributed by atoms with van der Waals surface area (Å²) >= 11 is 0. The Labute approximate surface area is 137 Å². The number of nitrogens with zero attached hydrogens (tertiary/aromatic N) is 2. The van der Waals surface area contributed by atoms with Gasteiger partial charge in [0, 0.05) is 12.1 Å². The quantitative estimate of drug-likeness (QED) is 0.678. The maximum Gasteiger partial charge on any atom is 0.307 e. The van der Waals surface area contributed by atoms with Gasteiger partial charge in [-0.1, -0.05) is 0 Å². The van der Waals surface area contributed by atoms with E-state index in [9.17, 15) is 14.4 Å². The molecule has 1 unspecified atom stereocenters. The molecule has 1 fully saturated rings. The van der Waals surface area contributed by atoms with Crippen LogP contribution in [0.4, 0.5) is 5.69 Å². The van der Waals surface area contributed by atoms with Crippen LogP contribution in [0.5, 0.6) is 5.75 Å². The number of hydrogen-bond acceptors (Lipinski definition) is 6. The number of amides is 2. The van der Waals surface area contributed by atoms with Gasteiger partial charge in [0.05, 0.1) is 12.1 Å². The lowest BCUT2D eigenvalue weighted by atomic mass is 10.0. The molecular formula is C15H16N4O5. The molecule has 2 aliphatic heterocycles. The molecule has 2 amide bonds. The number of hydrogen-bond donors (Lipinski definition) is 3. The van der Waals surface area contributed by atoms with Crippen molar-refractivity contribution in [2.75, 3.05) is 6.54 Å². The Morgan fingerprint density at radius 1 is 1.46 bits per heavy atom. The lowest BCUT2D eigenvalue weighted by Crippen LogP contribution is -2.47. The Kier molecular flexibility index (Phi) is 3.63. The molecule has 2 aliphatic rings. The van der Waals surface area contributed by atoms with Gasteiger partial charge in [0.1, 0.15) is 12.3 Å². The minimum atomic E-state index is -1.66. The number of primary amides is 1. The van der Waals surface area contributed by atoms with E-state index in [-0.39, 0.29) is 12.5 Å². The van der Waals surface area contributed by atoms with Crippen LogP contribution < -0.4 is 15.8 Å². The standard InChI is InChI=1S/C15H16N4O5/c1-15(13(16)23,5-12(21)22)24-9-2-3-10-8(4-9)6-19-7-11(20)18-14(19)17-10/h2-4H,5-7H2,1H3,(H2,16,23)(H,21,22)(H,17,18,20). The van der Waals surface area contributed by atoms with E-state index >= 15 is 0 Å². The van der Waals surface area contributed by atoms with Crippen LogP contribution in [-0.4, -0.2) is 45.9 Å². The highest BCUT2D eigenvalue weighted by Gasteiger charge is 2.37. The van der Waals surface area contributed by atoms with Crippen molar-refractivity contribution in [1.29, 1.82) is 0 Å². The minimum absolute atomic E-state index is 0.124. The average molecular weight is 332 g/mol. The summed E-state index contributed by atoms with van der Waals surface area (Å²) in [7, 11) is 0. The monoisotopic (exact) mass is 332 g/mol. The summed E-state index contributed by atoms with van der Waals surface area (Å²) in [5.74, 6) is -1.36. The van der Waals surface area contributed by atoms with Crippen LogP contribution >= 0.6 is 0 Å². The van der Waals surface area contributed by atoms with Gasteiger partial charge >= 0.3 is 5.97 Å². The first kappa shape index (κ1) is 15.8. The molecule has 1 atom stereocenters. The fourth-order valence-corrected chi connectivity index (χ4v) is 2.62. The van der Waals surface area contributed by atoms with Crippen LogP contribution in [0.2, 0.25) is 0 Å². The molecule has 0 spiro atoms. The highest BCUT2D eigenvalue weighted by Crippen LogP contribution is 2.32. The maximum absolute atomic E-state index is 11.6. The summed E-state index contributed by atoms with van der Waals surface area (Å²) in [4.78, 5) is 40.1. The molecule has 0 aliphatic carbocycles.